The third-order valence-electron chi connectivity index (χ3n) is 12.4. The lowest BCUT2D eigenvalue weighted by atomic mass is 9.90. The van der Waals surface area contributed by atoms with Crippen molar-refractivity contribution in [2.24, 2.45) is 17.6 Å². The van der Waals surface area contributed by atoms with E-state index in [0.29, 0.717) is 42.4 Å². The number of benzene rings is 4. The molecule has 368 valence electrons. The SMILES string of the molecule is CN(C)c1ncnc2c1ncn2[C@H]1C[C@@H](CC(=O)[C@@H](N)Cc2ccccc2)[C@@H](CO)O1.CO[C@H]1C[C@@H](CC(=O)[C@H](Cc2ccccc2)NC(=O)OCc2ccccc2)[C@@H](COC(=O)c2ccccc2)O1. The lowest BCUT2D eigenvalue weighted by Gasteiger charge is -2.22. The molecule has 70 heavy (non-hydrogen) atoms. The molecule has 0 unspecified atom stereocenters. The second kappa shape index (κ2) is 25.1. The molecule has 6 aromatic rings. The van der Waals surface area contributed by atoms with Crippen molar-refractivity contribution in [2.45, 2.75) is 81.9 Å². The fourth-order valence-corrected chi connectivity index (χ4v) is 8.66. The molecular formula is C53H61N7O10. The molecule has 2 fully saturated rings. The number of methoxy groups -OCH3 is 1. The van der Waals surface area contributed by atoms with Crippen molar-refractivity contribution < 1.29 is 48.0 Å². The van der Waals surface area contributed by atoms with E-state index in [1.54, 1.807) is 30.6 Å². The van der Waals surface area contributed by atoms with Gasteiger partial charge in [-0.2, -0.15) is 0 Å². The summed E-state index contributed by atoms with van der Waals surface area (Å²) in [5.41, 5.74) is 10.7. The summed E-state index contributed by atoms with van der Waals surface area (Å²) in [4.78, 5) is 66.4. The van der Waals surface area contributed by atoms with Gasteiger partial charge in [-0.25, -0.2) is 24.5 Å². The number of carbonyl (C=O) groups excluding carboxylic acids is 4. The largest absolute Gasteiger partial charge is 0.459 e. The first kappa shape index (κ1) is 51.0. The van der Waals surface area contributed by atoms with Crippen molar-refractivity contribution in [2.75, 3.05) is 39.3 Å². The molecule has 2 aliphatic rings. The first-order valence-corrected chi connectivity index (χ1v) is 23.4. The van der Waals surface area contributed by atoms with Crippen molar-refractivity contribution in [1.29, 1.82) is 0 Å². The van der Waals surface area contributed by atoms with Gasteiger partial charge in [0.25, 0.3) is 0 Å². The van der Waals surface area contributed by atoms with Crippen LogP contribution in [-0.2, 0) is 52.7 Å². The Morgan fingerprint density at radius 1 is 0.757 bits per heavy atom. The number of carbonyl (C=O) groups is 4. The first-order chi connectivity index (χ1) is 34.0. The number of nitrogens with one attached hydrogen (secondary N) is 1. The molecule has 2 aliphatic heterocycles. The average molecular weight is 956 g/mol. The fraction of sp³-hybridized carbons (Fsp3) is 0.377. The van der Waals surface area contributed by atoms with E-state index in [1.807, 2.05) is 121 Å². The Hall–Kier alpha value is -6.89. The summed E-state index contributed by atoms with van der Waals surface area (Å²) in [7, 11) is 5.33. The number of alkyl carbamates (subject to hydrolysis) is 1. The molecule has 4 N–H and O–H groups in total. The van der Waals surface area contributed by atoms with Gasteiger partial charge in [-0.1, -0.05) is 109 Å². The molecule has 4 heterocycles. The molecule has 2 saturated heterocycles. The zero-order valence-electron chi connectivity index (χ0n) is 39.6. The Bertz CT molecular complexity index is 2600. The van der Waals surface area contributed by atoms with Crippen LogP contribution in [0.15, 0.2) is 134 Å². The summed E-state index contributed by atoms with van der Waals surface area (Å²) in [5.74, 6) is -0.318. The molecule has 17 heteroatoms. The lowest BCUT2D eigenvalue weighted by molar-refractivity contribution is -0.128. The van der Waals surface area contributed by atoms with Crippen molar-refractivity contribution in [3.8, 4) is 0 Å². The highest BCUT2D eigenvalue weighted by Gasteiger charge is 2.40. The van der Waals surface area contributed by atoms with Gasteiger partial charge in [0.2, 0.25) is 0 Å². The summed E-state index contributed by atoms with van der Waals surface area (Å²) in [6, 6.07) is 35.8. The summed E-state index contributed by atoms with van der Waals surface area (Å²) in [6.45, 7) is -0.0753. The third-order valence-corrected chi connectivity index (χ3v) is 12.4. The minimum atomic E-state index is -0.801. The maximum atomic E-state index is 13.5. The van der Waals surface area contributed by atoms with E-state index < -0.39 is 42.6 Å². The van der Waals surface area contributed by atoms with Crippen LogP contribution in [0, 0.1) is 11.8 Å². The monoisotopic (exact) mass is 955 g/mol. The number of ether oxygens (including phenoxy) is 5. The van der Waals surface area contributed by atoms with E-state index in [4.69, 9.17) is 29.4 Å². The lowest BCUT2D eigenvalue weighted by Crippen LogP contribution is -2.43. The number of hydrogen-bond acceptors (Lipinski definition) is 15. The van der Waals surface area contributed by atoms with Gasteiger partial charge in [0.15, 0.2) is 29.1 Å². The van der Waals surface area contributed by atoms with Gasteiger partial charge >= 0.3 is 12.1 Å². The average Bonchev–Trinajstić information content (AvgIpc) is 4.12. The van der Waals surface area contributed by atoms with Gasteiger partial charge in [0.1, 0.15) is 31.6 Å². The molecular weight excluding hydrogens is 895 g/mol. The summed E-state index contributed by atoms with van der Waals surface area (Å²) in [6.07, 6.45) is 2.90. The topological polar surface area (TPSA) is 220 Å². The first-order valence-electron chi connectivity index (χ1n) is 23.4. The maximum Gasteiger partial charge on any atom is 0.408 e. The molecule has 0 radical (unpaired) electrons. The molecule has 17 nitrogen and oxygen atoms in total. The van der Waals surface area contributed by atoms with Gasteiger partial charge in [-0.3, -0.25) is 14.2 Å². The molecule has 0 saturated carbocycles. The zero-order chi connectivity index (χ0) is 49.4. The van der Waals surface area contributed by atoms with Crippen molar-refractivity contribution in [1.82, 2.24) is 24.8 Å². The Labute approximate surface area is 407 Å². The Morgan fingerprint density at radius 3 is 1.99 bits per heavy atom. The highest BCUT2D eigenvalue weighted by molar-refractivity contribution is 5.89. The third kappa shape index (κ3) is 13.9. The summed E-state index contributed by atoms with van der Waals surface area (Å²) in [5, 5.41) is 12.6. The molecule has 8 rings (SSSR count). The smallest absolute Gasteiger partial charge is 0.408 e. The predicted octanol–water partition coefficient (Wildman–Crippen LogP) is 6.04. The zero-order valence-corrected chi connectivity index (χ0v) is 39.6. The normalized spacial score (nSPS) is 20.4. The number of Topliss-reactive ketones (excluding diaryl/α,β-unsaturated/α-hetero) is 2. The Balaban J connectivity index is 0.000000212. The highest BCUT2D eigenvalue weighted by Crippen LogP contribution is 2.38. The second-order valence-corrected chi connectivity index (χ2v) is 17.6. The van der Waals surface area contributed by atoms with Crippen LogP contribution in [0.1, 0.15) is 59.0 Å². The molecule has 4 aromatic carbocycles. The van der Waals surface area contributed by atoms with E-state index in [-0.39, 0.29) is 62.3 Å². The van der Waals surface area contributed by atoms with Gasteiger partial charge in [-0.15, -0.1) is 0 Å². The maximum absolute atomic E-state index is 13.5. The van der Waals surface area contributed by atoms with E-state index >= 15 is 0 Å². The number of hydrogen-bond donors (Lipinski definition) is 3. The van der Waals surface area contributed by atoms with E-state index in [9.17, 15) is 24.3 Å². The van der Waals surface area contributed by atoms with Crippen molar-refractivity contribution in [3.05, 3.63) is 156 Å². The van der Waals surface area contributed by atoms with Crippen LogP contribution in [-0.4, -0.2) is 113 Å². The number of amides is 1. The number of esters is 1. The molecule has 0 bridgehead atoms. The van der Waals surface area contributed by atoms with Crippen LogP contribution >= 0.6 is 0 Å². The number of imidazole rings is 1. The molecule has 2 aromatic heterocycles. The second-order valence-electron chi connectivity index (χ2n) is 17.6. The number of anilines is 1. The Kier molecular flexibility index (Phi) is 18.3. The van der Waals surface area contributed by atoms with E-state index in [0.717, 1.165) is 22.5 Å². The quantitative estimate of drug-likeness (QED) is 0.0744. The molecule has 8 atom stereocenters. The van der Waals surface area contributed by atoms with Crippen LogP contribution < -0.4 is 16.0 Å². The van der Waals surface area contributed by atoms with Gasteiger partial charge in [0, 0.05) is 46.4 Å². The highest BCUT2D eigenvalue weighted by atomic mass is 16.7. The number of fused-ring (bicyclic) bond motifs is 1. The number of aliphatic hydroxyl groups excluding tert-OH is 1. The summed E-state index contributed by atoms with van der Waals surface area (Å²) >= 11 is 0. The number of aromatic nitrogens is 4. The molecule has 1 amide bonds. The van der Waals surface area contributed by atoms with Crippen molar-refractivity contribution in [3.63, 3.8) is 0 Å². The number of nitrogens with two attached hydrogens (primary N) is 1. The summed E-state index contributed by atoms with van der Waals surface area (Å²) < 4.78 is 30.1. The Morgan fingerprint density at radius 2 is 1.36 bits per heavy atom. The van der Waals surface area contributed by atoms with Gasteiger partial charge in [-0.05, 0) is 54.0 Å². The van der Waals surface area contributed by atoms with E-state index in [1.165, 1.54) is 13.4 Å². The van der Waals surface area contributed by atoms with Crippen LogP contribution in [0.3, 0.4) is 0 Å². The number of aliphatic hydroxyl groups is 1. The fourth-order valence-electron chi connectivity index (χ4n) is 8.66. The minimum absolute atomic E-state index is 0.0125. The van der Waals surface area contributed by atoms with Gasteiger partial charge in [0.05, 0.1) is 42.8 Å². The van der Waals surface area contributed by atoms with Crippen LogP contribution in [0.2, 0.25) is 0 Å². The van der Waals surface area contributed by atoms with E-state index in [2.05, 4.69) is 20.3 Å². The number of ketones is 2. The molecule has 0 aliphatic carbocycles. The number of rotatable bonds is 20. The van der Waals surface area contributed by atoms with Gasteiger partial charge < -0.3 is 44.7 Å². The molecule has 0 spiro atoms. The van der Waals surface area contributed by atoms with Crippen LogP contribution in [0.5, 0.6) is 0 Å². The standard InChI is InChI=1S/C31H33NO7.C22H28N6O3/c1-36-29-19-25(28(39-29)21-37-30(34)24-15-9-4-10-16-24)18-27(33)26(17-22-11-5-2-6-12-22)32-31(35)38-20-23-13-7-3-8-14-23;1-27(2)21-20-22(25-12-24-21)28(13-26-20)19-10-15(18(11-29)31-19)9-17(30)16(23)8-14-6-4-3-5-7-14/h2-16,25-26,28-29H,17-21H2,1H3,(H,32,35);3-7,12-13,15-16,18-19,29H,8-11,23H2,1-2H3/t25-,26+,28-,29-;15-,16+,18-,19-/m11/s1. The van der Waals surface area contributed by atoms with Crippen LogP contribution in [0.4, 0.5) is 10.6 Å². The van der Waals surface area contributed by atoms with Crippen LogP contribution in [0.25, 0.3) is 11.2 Å². The number of nitrogens with zero attached hydrogens (tertiary/aromatic N) is 5. The van der Waals surface area contributed by atoms with Crippen molar-refractivity contribution >= 4 is 40.6 Å². The predicted molar refractivity (Wildman–Crippen MR) is 260 cm³/mol. The minimum Gasteiger partial charge on any atom is -0.459 e.